The number of rotatable bonds is 16. The predicted molar refractivity (Wildman–Crippen MR) is 160 cm³/mol. The molecule has 4 aromatic rings. The van der Waals surface area contributed by atoms with E-state index < -0.39 is 22.3 Å². The molecule has 42 heavy (non-hydrogen) atoms. The number of nitro benzene ring substituents is 1. The van der Waals surface area contributed by atoms with Crippen molar-refractivity contribution in [2.75, 3.05) is 26.8 Å². The number of nitrogens with zero attached hydrogens (tertiary/aromatic N) is 5. The lowest BCUT2D eigenvalue weighted by molar-refractivity contribution is -0.384. The van der Waals surface area contributed by atoms with Crippen molar-refractivity contribution in [1.82, 2.24) is 24.0 Å². The Balaban J connectivity index is 1.79. The number of imidazole rings is 1. The van der Waals surface area contributed by atoms with Gasteiger partial charge in [0.15, 0.2) is 11.2 Å². The lowest BCUT2D eigenvalue weighted by atomic mass is 10.1. The van der Waals surface area contributed by atoms with Crippen LogP contribution in [0.15, 0.2) is 64.2 Å². The average Bonchev–Trinajstić information content (AvgIpc) is 3.35. The fourth-order valence-electron chi connectivity index (χ4n) is 4.88. The van der Waals surface area contributed by atoms with Gasteiger partial charge < -0.3 is 19.7 Å². The molecule has 224 valence electrons. The first-order chi connectivity index (χ1) is 20.3. The van der Waals surface area contributed by atoms with Crippen LogP contribution < -0.4 is 16.6 Å². The first kappa shape index (κ1) is 30.8. The molecule has 0 saturated carbocycles. The van der Waals surface area contributed by atoms with Crippen molar-refractivity contribution < 1.29 is 14.8 Å². The summed E-state index contributed by atoms with van der Waals surface area (Å²) in [6.45, 7) is 4.08. The van der Waals surface area contributed by atoms with Crippen molar-refractivity contribution in [2.45, 2.75) is 58.3 Å². The minimum atomic E-state index is -0.462. The highest BCUT2D eigenvalue weighted by Gasteiger charge is 2.22. The van der Waals surface area contributed by atoms with E-state index in [0.29, 0.717) is 68.9 Å². The fraction of sp³-hybridized carbons (Fsp3) is 0.433. The van der Waals surface area contributed by atoms with Gasteiger partial charge in [0, 0.05) is 65.0 Å². The number of nitro groups is 1. The standard InChI is InChI=1S/C30H38N6O6/c1-3-25(37)21-31-15-18-33-26(20-23-8-5-4-6-9-23)32-28-27(33)29(38)35(16-7-19-42-2)30(39)34(28)17-14-22-10-12-24(13-11-22)36(40)41/h4-6,8-13,25,31,37H,3,7,14-21H2,1-2H3. The summed E-state index contributed by atoms with van der Waals surface area (Å²) < 4.78 is 9.82. The predicted octanol–water partition coefficient (Wildman–Crippen LogP) is 2.50. The third-order valence-electron chi connectivity index (χ3n) is 7.26. The number of aryl methyl sites for hydroxylation is 2. The van der Waals surface area contributed by atoms with E-state index in [2.05, 4.69) is 5.32 Å². The van der Waals surface area contributed by atoms with Gasteiger partial charge in [0.25, 0.3) is 11.2 Å². The van der Waals surface area contributed by atoms with Crippen molar-refractivity contribution >= 4 is 16.9 Å². The van der Waals surface area contributed by atoms with Crippen LogP contribution in [0.4, 0.5) is 5.69 Å². The lowest BCUT2D eigenvalue weighted by Gasteiger charge is -2.14. The molecule has 0 aliphatic carbocycles. The number of aliphatic hydroxyl groups excluding tert-OH is 1. The SMILES string of the molecule is CCC(O)CNCCn1c(Cc2ccccc2)nc2c1c(=O)n(CCCOC)c(=O)n2CCc1ccc([N+](=O)[O-])cc1. The molecule has 2 aromatic heterocycles. The Bertz CT molecular complexity index is 1590. The van der Waals surface area contributed by atoms with Crippen molar-refractivity contribution in [3.8, 4) is 0 Å². The molecule has 0 radical (unpaired) electrons. The second kappa shape index (κ2) is 14.7. The molecular weight excluding hydrogens is 540 g/mol. The highest BCUT2D eigenvalue weighted by Crippen LogP contribution is 2.17. The number of ether oxygens (including phenoxy) is 1. The maximum atomic E-state index is 13.9. The number of aliphatic hydroxyl groups is 1. The molecule has 0 aliphatic rings. The Hall–Kier alpha value is -4.13. The largest absolute Gasteiger partial charge is 0.392 e. The molecular formula is C30H38N6O6. The van der Waals surface area contributed by atoms with E-state index in [9.17, 15) is 24.8 Å². The summed E-state index contributed by atoms with van der Waals surface area (Å²) in [4.78, 5) is 43.1. The highest BCUT2D eigenvalue weighted by atomic mass is 16.6. The number of nitrogens with one attached hydrogen (secondary N) is 1. The van der Waals surface area contributed by atoms with Gasteiger partial charge in [-0.05, 0) is 30.4 Å². The molecule has 2 heterocycles. The Morgan fingerprint density at radius 1 is 1.00 bits per heavy atom. The van der Waals surface area contributed by atoms with Gasteiger partial charge in [-0.25, -0.2) is 9.78 Å². The number of hydrogen-bond acceptors (Lipinski definition) is 8. The first-order valence-corrected chi connectivity index (χ1v) is 14.2. The Morgan fingerprint density at radius 2 is 1.74 bits per heavy atom. The topological polar surface area (TPSA) is 146 Å². The minimum absolute atomic E-state index is 0.00522. The summed E-state index contributed by atoms with van der Waals surface area (Å²) in [5.74, 6) is 0.657. The summed E-state index contributed by atoms with van der Waals surface area (Å²) in [7, 11) is 1.57. The Kier molecular flexibility index (Phi) is 10.8. The van der Waals surface area contributed by atoms with E-state index in [1.807, 2.05) is 41.8 Å². The molecule has 12 heteroatoms. The summed E-state index contributed by atoms with van der Waals surface area (Å²) >= 11 is 0. The quantitative estimate of drug-likeness (QED) is 0.117. The van der Waals surface area contributed by atoms with Crippen LogP contribution in [-0.4, -0.2) is 61.6 Å². The van der Waals surface area contributed by atoms with Crippen molar-refractivity contribution in [1.29, 1.82) is 0 Å². The third-order valence-corrected chi connectivity index (χ3v) is 7.26. The van der Waals surface area contributed by atoms with Crippen molar-refractivity contribution in [3.05, 3.63) is 103 Å². The zero-order chi connectivity index (χ0) is 30.1. The van der Waals surface area contributed by atoms with Crippen LogP contribution in [-0.2, 0) is 37.2 Å². The second-order valence-corrected chi connectivity index (χ2v) is 10.2. The molecule has 2 aromatic carbocycles. The van der Waals surface area contributed by atoms with Crippen LogP contribution in [0.3, 0.4) is 0 Å². The van der Waals surface area contributed by atoms with E-state index in [-0.39, 0.29) is 18.8 Å². The second-order valence-electron chi connectivity index (χ2n) is 10.2. The zero-order valence-corrected chi connectivity index (χ0v) is 24.1. The van der Waals surface area contributed by atoms with E-state index in [4.69, 9.17) is 9.72 Å². The molecule has 0 bridgehead atoms. The van der Waals surface area contributed by atoms with Gasteiger partial charge in [-0.15, -0.1) is 0 Å². The van der Waals surface area contributed by atoms with Crippen molar-refractivity contribution in [2.24, 2.45) is 0 Å². The first-order valence-electron chi connectivity index (χ1n) is 14.2. The number of hydrogen-bond donors (Lipinski definition) is 2. The molecule has 1 unspecified atom stereocenters. The molecule has 0 fully saturated rings. The maximum Gasteiger partial charge on any atom is 0.332 e. The summed E-state index contributed by atoms with van der Waals surface area (Å²) in [6, 6.07) is 16.0. The van der Waals surface area contributed by atoms with Crippen LogP contribution >= 0.6 is 0 Å². The smallest absolute Gasteiger partial charge is 0.332 e. The van der Waals surface area contributed by atoms with E-state index in [0.717, 1.165) is 11.1 Å². The van der Waals surface area contributed by atoms with E-state index in [1.54, 1.807) is 19.2 Å². The summed E-state index contributed by atoms with van der Waals surface area (Å²) in [5, 5.41) is 24.3. The monoisotopic (exact) mass is 578 g/mol. The molecule has 2 N–H and O–H groups in total. The average molecular weight is 579 g/mol. The minimum Gasteiger partial charge on any atom is -0.392 e. The summed E-state index contributed by atoms with van der Waals surface area (Å²) in [6.07, 6.45) is 1.54. The summed E-state index contributed by atoms with van der Waals surface area (Å²) in [5.41, 5.74) is 1.64. The number of aromatic nitrogens is 4. The van der Waals surface area contributed by atoms with Crippen LogP contribution in [0.25, 0.3) is 11.2 Å². The van der Waals surface area contributed by atoms with Gasteiger partial charge in [0.2, 0.25) is 0 Å². The molecule has 0 saturated heterocycles. The molecule has 0 aliphatic heterocycles. The number of fused-ring (bicyclic) bond motifs is 1. The van der Waals surface area contributed by atoms with E-state index >= 15 is 0 Å². The molecule has 4 rings (SSSR count). The Labute approximate surface area is 243 Å². The Morgan fingerprint density at radius 3 is 2.40 bits per heavy atom. The number of methoxy groups -OCH3 is 1. The van der Waals surface area contributed by atoms with Crippen molar-refractivity contribution in [3.63, 3.8) is 0 Å². The third kappa shape index (κ3) is 7.38. The van der Waals surface area contributed by atoms with Gasteiger partial charge in [-0.1, -0.05) is 49.4 Å². The van der Waals surface area contributed by atoms with Gasteiger partial charge in [-0.3, -0.25) is 24.0 Å². The molecule has 0 amide bonds. The van der Waals surface area contributed by atoms with Crippen LogP contribution in [0, 0.1) is 10.1 Å². The molecule has 12 nitrogen and oxygen atoms in total. The van der Waals surface area contributed by atoms with E-state index in [1.165, 1.54) is 21.3 Å². The van der Waals surface area contributed by atoms with Gasteiger partial charge >= 0.3 is 5.69 Å². The highest BCUT2D eigenvalue weighted by molar-refractivity contribution is 5.71. The molecule has 0 spiro atoms. The fourth-order valence-corrected chi connectivity index (χ4v) is 4.88. The number of benzene rings is 2. The van der Waals surface area contributed by atoms with Crippen LogP contribution in [0.2, 0.25) is 0 Å². The van der Waals surface area contributed by atoms with Gasteiger partial charge in [0.05, 0.1) is 11.0 Å². The van der Waals surface area contributed by atoms with Crippen LogP contribution in [0.1, 0.15) is 36.7 Å². The maximum absolute atomic E-state index is 13.9. The van der Waals surface area contributed by atoms with Crippen LogP contribution in [0.5, 0.6) is 0 Å². The van der Waals surface area contributed by atoms with Gasteiger partial charge in [-0.2, -0.15) is 0 Å². The lowest BCUT2D eigenvalue weighted by Crippen LogP contribution is -2.41. The zero-order valence-electron chi connectivity index (χ0n) is 24.1. The van der Waals surface area contributed by atoms with Gasteiger partial charge in [0.1, 0.15) is 5.82 Å². The molecule has 1 atom stereocenters. The number of non-ortho nitro benzene ring substituents is 1. The normalized spacial score (nSPS) is 12.2.